The van der Waals surface area contributed by atoms with E-state index < -0.39 is 4.92 Å². The molecular weight excluding hydrogens is 272 g/mol. The Bertz CT molecular complexity index is 624. The highest BCUT2D eigenvalue weighted by Crippen LogP contribution is 2.37. The molecule has 112 valence electrons. The number of nitrogens with one attached hydrogen (secondary N) is 1. The lowest BCUT2D eigenvalue weighted by molar-refractivity contribution is -0.384. The number of hydrogen-bond donors (Lipinski definition) is 1. The standard InChI is InChI=1S/C14H18N4O3/c1-3-8-15-12-6-5-7-13(14(12)18(19)20)21-11-9-16-17(4-2)10-11/h5-7,9-10,15H,3-4,8H2,1-2H3. The van der Waals surface area contributed by atoms with Crippen LogP contribution in [0.4, 0.5) is 11.4 Å². The number of hydrogen-bond acceptors (Lipinski definition) is 5. The predicted octanol–water partition coefficient (Wildman–Crippen LogP) is 3.43. The van der Waals surface area contributed by atoms with Crippen LogP contribution in [0.25, 0.3) is 0 Å². The van der Waals surface area contributed by atoms with Crippen LogP contribution in [0.2, 0.25) is 0 Å². The first-order valence-corrected chi connectivity index (χ1v) is 6.87. The van der Waals surface area contributed by atoms with E-state index in [1.165, 1.54) is 0 Å². The fourth-order valence-electron chi connectivity index (χ4n) is 1.89. The number of benzene rings is 1. The lowest BCUT2D eigenvalue weighted by Crippen LogP contribution is -2.04. The zero-order valence-electron chi connectivity index (χ0n) is 12.1. The molecule has 2 rings (SSSR count). The van der Waals surface area contributed by atoms with Gasteiger partial charge in [0.15, 0.2) is 5.75 Å². The van der Waals surface area contributed by atoms with Crippen molar-refractivity contribution < 1.29 is 9.66 Å². The molecule has 7 heteroatoms. The van der Waals surface area contributed by atoms with Gasteiger partial charge in [0.1, 0.15) is 5.69 Å². The van der Waals surface area contributed by atoms with Crippen LogP contribution in [0.5, 0.6) is 11.5 Å². The number of anilines is 1. The smallest absolute Gasteiger partial charge is 0.334 e. The summed E-state index contributed by atoms with van der Waals surface area (Å²) in [6.45, 7) is 5.33. The Morgan fingerprint density at radius 1 is 1.43 bits per heavy atom. The highest BCUT2D eigenvalue weighted by Gasteiger charge is 2.21. The molecule has 1 heterocycles. The summed E-state index contributed by atoms with van der Waals surface area (Å²) in [7, 11) is 0. The van der Waals surface area contributed by atoms with E-state index in [9.17, 15) is 10.1 Å². The Morgan fingerprint density at radius 3 is 2.86 bits per heavy atom. The summed E-state index contributed by atoms with van der Waals surface area (Å²) in [5, 5.41) is 18.4. The molecule has 1 N–H and O–H groups in total. The number of nitrogens with zero attached hydrogens (tertiary/aromatic N) is 3. The van der Waals surface area contributed by atoms with Crippen molar-refractivity contribution in [1.82, 2.24) is 9.78 Å². The number of nitro benzene ring substituents is 1. The minimum Gasteiger partial charge on any atom is -0.447 e. The molecule has 0 bridgehead atoms. The fraction of sp³-hybridized carbons (Fsp3) is 0.357. The van der Waals surface area contributed by atoms with Crippen LogP contribution in [0.15, 0.2) is 30.6 Å². The number of aryl methyl sites for hydroxylation is 1. The lowest BCUT2D eigenvalue weighted by atomic mass is 10.2. The number of rotatable bonds is 7. The van der Waals surface area contributed by atoms with Gasteiger partial charge in [-0.3, -0.25) is 14.8 Å². The van der Waals surface area contributed by atoms with Crippen molar-refractivity contribution in [3.05, 3.63) is 40.7 Å². The largest absolute Gasteiger partial charge is 0.447 e. The molecule has 0 aliphatic rings. The number of para-hydroxylation sites is 1. The number of ether oxygens (including phenoxy) is 1. The Kier molecular flexibility index (Phi) is 4.76. The van der Waals surface area contributed by atoms with Gasteiger partial charge in [-0.15, -0.1) is 0 Å². The third-order valence-corrected chi connectivity index (χ3v) is 2.91. The normalized spacial score (nSPS) is 10.4. The lowest BCUT2D eigenvalue weighted by Gasteiger charge is -2.09. The summed E-state index contributed by atoms with van der Waals surface area (Å²) < 4.78 is 7.30. The number of aromatic nitrogens is 2. The summed E-state index contributed by atoms with van der Waals surface area (Å²) in [5.41, 5.74) is 0.400. The van der Waals surface area contributed by atoms with Crippen LogP contribution in [-0.4, -0.2) is 21.2 Å². The molecule has 2 aromatic rings. The van der Waals surface area contributed by atoms with Crippen LogP contribution in [-0.2, 0) is 6.54 Å². The maximum atomic E-state index is 11.3. The molecule has 0 amide bonds. The molecule has 1 aromatic heterocycles. The monoisotopic (exact) mass is 290 g/mol. The molecule has 7 nitrogen and oxygen atoms in total. The van der Waals surface area contributed by atoms with Gasteiger partial charge >= 0.3 is 5.69 Å². The van der Waals surface area contributed by atoms with Crippen molar-refractivity contribution in [2.45, 2.75) is 26.8 Å². The third kappa shape index (κ3) is 3.50. The van der Waals surface area contributed by atoms with E-state index in [0.717, 1.165) is 6.42 Å². The summed E-state index contributed by atoms with van der Waals surface area (Å²) in [5.74, 6) is 0.685. The molecule has 0 spiro atoms. The second kappa shape index (κ2) is 6.74. The van der Waals surface area contributed by atoms with Crippen LogP contribution in [0, 0.1) is 10.1 Å². The second-order valence-corrected chi connectivity index (χ2v) is 4.47. The first kappa shape index (κ1) is 14.8. The molecule has 0 saturated heterocycles. The van der Waals surface area contributed by atoms with Crippen molar-refractivity contribution in [3.8, 4) is 11.5 Å². The first-order valence-electron chi connectivity index (χ1n) is 6.87. The van der Waals surface area contributed by atoms with Gasteiger partial charge in [-0.25, -0.2) is 0 Å². The zero-order valence-corrected chi connectivity index (χ0v) is 12.1. The summed E-state index contributed by atoms with van der Waals surface area (Å²) in [6.07, 6.45) is 4.13. The molecule has 0 unspecified atom stereocenters. The molecule has 21 heavy (non-hydrogen) atoms. The summed E-state index contributed by atoms with van der Waals surface area (Å²) in [6, 6.07) is 4.99. The summed E-state index contributed by atoms with van der Waals surface area (Å²) in [4.78, 5) is 10.9. The highest BCUT2D eigenvalue weighted by molar-refractivity contribution is 5.68. The van der Waals surface area contributed by atoms with Crippen molar-refractivity contribution in [2.24, 2.45) is 0 Å². The van der Waals surface area contributed by atoms with Gasteiger partial charge < -0.3 is 10.1 Å². The minimum absolute atomic E-state index is 0.0600. The second-order valence-electron chi connectivity index (χ2n) is 4.47. The van der Waals surface area contributed by atoms with Crippen LogP contribution < -0.4 is 10.1 Å². The molecule has 1 aromatic carbocycles. The fourth-order valence-corrected chi connectivity index (χ4v) is 1.89. The van der Waals surface area contributed by atoms with Crippen molar-refractivity contribution >= 4 is 11.4 Å². The quantitative estimate of drug-likeness (QED) is 0.624. The molecule has 0 fully saturated rings. The van der Waals surface area contributed by atoms with E-state index >= 15 is 0 Å². The maximum Gasteiger partial charge on any atom is 0.334 e. The van der Waals surface area contributed by atoms with Gasteiger partial charge in [0.2, 0.25) is 5.75 Å². The Hall–Kier alpha value is -2.57. The van der Waals surface area contributed by atoms with E-state index in [1.54, 1.807) is 35.3 Å². The van der Waals surface area contributed by atoms with Gasteiger partial charge in [0.05, 0.1) is 17.3 Å². The van der Waals surface area contributed by atoms with E-state index in [4.69, 9.17) is 4.74 Å². The van der Waals surface area contributed by atoms with Gasteiger partial charge in [0.25, 0.3) is 0 Å². The molecule has 0 saturated carbocycles. The van der Waals surface area contributed by atoms with Gasteiger partial charge in [-0.2, -0.15) is 5.10 Å². The van der Waals surface area contributed by atoms with Crippen LogP contribution >= 0.6 is 0 Å². The van der Waals surface area contributed by atoms with E-state index in [-0.39, 0.29) is 11.4 Å². The molecule has 0 atom stereocenters. The van der Waals surface area contributed by atoms with Crippen molar-refractivity contribution in [2.75, 3.05) is 11.9 Å². The van der Waals surface area contributed by atoms with E-state index in [1.807, 2.05) is 13.8 Å². The van der Waals surface area contributed by atoms with Crippen LogP contribution in [0.1, 0.15) is 20.3 Å². The Morgan fingerprint density at radius 2 is 2.24 bits per heavy atom. The number of nitro groups is 1. The van der Waals surface area contributed by atoms with Crippen molar-refractivity contribution in [3.63, 3.8) is 0 Å². The molecular formula is C14H18N4O3. The third-order valence-electron chi connectivity index (χ3n) is 2.91. The van der Waals surface area contributed by atoms with Gasteiger partial charge in [-0.1, -0.05) is 13.0 Å². The SMILES string of the molecule is CCCNc1cccc(Oc2cnn(CC)c2)c1[N+](=O)[O-]. The summed E-state index contributed by atoms with van der Waals surface area (Å²) >= 11 is 0. The molecule has 0 aliphatic heterocycles. The predicted molar refractivity (Wildman–Crippen MR) is 79.9 cm³/mol. The maximum absolute atomic E-state index is 11.3. The topological polar surface area (TPSA) is 82.2 Å². The minimum atomic E-state index is -0.433. The van der Waals surface area contributed by atoms with Gasteiger partial charge in [-0.05, 0) is 25.5 Å². The average molecular weight is 290 g/mol. The first-order chi connectivity index (χ1) is 10.2. The van der Waals surface area contributed by atoms with E-state index in [2.05, 4.69) is 10.4 Å². The molecule has 0 radical (unpaired) electrons. The Balaban J connectivity index is 2.31. The highest BCUT2D eigenvalue weighted by atomic mass is 16.6. The van der Waals surface area contributed by atoms with Crippen molar-refractivity contribution in [1.29, 1.82) is 0 Å². The Labute approximate surface area is 122 Å². The molecule has 0 aliphatic carbocycles. The average Bonchev–Trinajstić information content (AvgIpc) is 2.92. The van der Waals surface area contributed by atoms with Gasteiger partial charge in [0, 0.05) is 13.1 Å². The zero-order chi connectivity index (χ0) is 15.2. The van der Waals surface area contributed by atoms with E-state index in [0.29, 0.717) is 24.5 Å². The van der Waals surface area contributed by atoms with Crippen LogP contribution in [0.3, 0.4) is 0 Å².